The summed E-state index contributed by atoms with van der Waals surface area (Å²) in [4.78, 5) is 15.4. The summed E-state index contributed by atoms with van der Waals surface area (Å²) in [5.74, 6) is 2.57. The fourth-order valence-corrected chi connectivity index (χ4v) is 15.8. The predicted molar refractivity (Wildman–Crippen MR) is 443 cm³/mol. The van der Waals surface area contributed by atoms with Crippen molar-refractivity contribution in [3.05, 3.63) is 251 Å². The van der Waals surface area contributed by atoms with E-state index in [4.69, 9.17) is 33.1 Å². The Bertz CT molecular complexity index is 4610. The molecule has 4 aromatic heterocycles. The molecule has 0 aliphatic rings. The molecule has 0 bridgehead atoms. The molecular weight excluding hydrogens is 1300 g/mol. The maximum Gasteiger partial charge on any atom is 0.328 e. The average Bonchev–Trinajstić information content (AvgIpc) is 1.52. The largest absolute Gasteiger partial charge is 0.493 e. The van der Waals surface area contributed by atoms with Gasteiger partial charge in [-0.05, 0) is 111 Å². The summed E-state index contributed by atoms with van der Waals surface area (Å²) in [7, 11) is 0. The molecule has 2 atom stereocenters. The number of oxazole rings is 2. The van der Waals surface area contributed by atoms with Crippen molar-refractivity contribution in [3.8, 4) is 40.1 Å². The zero-order valence-electron chi connectivity index (χ0n) is 63.6. The lowest BCUT2D eigenvalue weighted by Crippen LogP contribution is -2.54. The number of aryl methyl sites for hydroxylation is 2. The highest BCUT2D eigenvalue weighted by Gasteiger charge is 2.38. The molecule has 0 saturated carbocycles. The number of rotatable bonds is 40. The molecule has 10 nitrogen and oxygen atoms in total. The normalized spacial score (nSPS) is 12.7. The van der Waals surface area contributed by atoms with Crippen LogP contribution in [-0.4, -0.2) is 45.8 Å². The minimum absolute atomic E-state index is 0.168. The SMILES string of the molecule is [C-]#[N+]/C(c1nc2ccc(C)cc2o1)=c1\c2c(-c3cccc(OCC(CCCCCC)CCCCCCCC)c3)n(B(c3ccccc3)c3ccccc3)/c(=C(/C#N)c3nc4ccc(C)cc4o3)c2c(-c2cccc(OCC(CCCCCC)CCCCCCCC)c2)n1B(c1ccccc1)c1ccccc1. The van der Waals surface area contributed by atoms with Crippen molar-refractivity contribution in [3.63, 3.8) is 0 Å². The van der Waals surface area contributed by atoms with Gasteiger partial charge in [0.2, 0.25) is 11.8 Å². The third kappa shape index (κ3) is 18.4. The van der Waals surface area contributed by atoms with Crippen LogP contribution in [0.4, 0.5) is 0 Å². The maximum absolute atomic E-state index is 12.8. The lowest BCUT2D eigenvalue weighted by Gasteiger charge is -2.24. The summed E-state index contributed by atoms with van der Waals surface area (Å²) < 4.78 is 33.3. The van der Waals surface area contributed by atoms with Crippen molar-refractivity contribution < 1.29 is 18.3 Å². The summed E-state index contributed by atoms with van der Waals surface area (Å²) in [5, 5.41) is 15.3. The molecule has 2 unspecified atom stereocenters. The standard InChI is InChI=1S/C94H106B2N6O4/c1-8-12-16-20-22-30-44-71(42-28-18-14-10-3)67-103-79-56-40-46-73(64-79)89-86-87(92(88(98-7)94-100-83-61-59-70(6)63-85(83)106-94)102(89)96(77-52-36-26-37-53-77)78-54-38-27-39-55-78)90(74-47-41-57-80(65-74)104-68-72(43-29-19-15-11-4)45-31-23-21-17-13-9-2)101(95(75-48-32-24-33-49-75)76-50-34-25-35-51-76)91(86)81(66-97)93-99-82-60-58-69(5)62-84(82)105-93/h24-27,32-41,46-65,71-72H,8-23,28-31,42-45,67-68H2,1-6H3/b91-81-,92-88+. The van der Waals surface area contributed by atoms with Gasteiger partial charge in [0, 0.05) is 33.3 Å². The van der Waals surface area contributed by atoms with Crippen LogP contribution < -0.4 is 42.0 Å². The number of aromatic nitrogens is 4. The van der Waals surface area contributed by atoms with Gasteiger partial charge in [-0.3, -0.25) is 0 Å². The van der Waals surface area contributed by atoms with Crippen LogP contribution in [0.2, 0.25) is 0 Å². The Morgan fingerprint density at radius 1 is 0.434 bits per heavy atom. The molecule has 0 amide bonds. The van der Waals surface area contributed by atoms with Gasteiger partial charge in [-0.1, -0.05) is 336 Å². The van der Waals surface area contributed by atoms with E-state index < -0.39 is 13.7 Å². The third-order valence-electron chi connectivity index (χ3n) is 21.4. The fourth-order valence-electron chi connectivity index (χ4n) is 15.8. The summed E-state index contributed by atoms with van der Waals surface area (Å²) in [6.07, 6.45) is 29.0. The maximum atomic E-state index is 12.8. The first-order valence-electron chi connectivity index (χ1n) is 40.0. The van der Waals surface area contributed by atoms with Gasteiger partial charge in [-0.15, -0.1) is 0 Å². The number of ether oxygens (including phenoxy) is 2. The first kappa shape index (κ1) is 75.6. The second kappa shape index (κ2) is 38.3. The summed E-state index contributed by atoms with van der Waals surface area (Å²) >= 11 is 0. The summed E-state index contributed by atoms with van der Waals surface area (Å²) in [6.45, 7) is 23.1. The van der Waals surface area contributed by atoms with Crippen molar-refractivity contribution in [2.45, 2.75) is 196 Å². The van der Waals surface area contributed by atoms with Crippen molar-refractivity contribution in [1.82, 2.24) is 18.9 Å². The number of hydrogen-bond acceptors (Lipinski definition) is 7. The first-order valence-corrected chi connectivity index (χ1v) is 40.0. The van der Waals surface area contributed by atoms with Crippen LogP contribution in [0.15, 0.2) is 215 Å². The van der Waals surface area contributed by atoms with E-state index in [1.165, 1.54) is 128 Å². The highest BCUT2D eigenvalue weighted by atomic mass is 16.5. The Hall–Kier alpha value is -10.0. The molecule has 0 N–H and O–H groups in total. The molecule has 0 saturated heterocycles. The fraction of sp³-hybridized carbons (Fsp3) is 0.362. The topological polar surface area (TPSA) is 109 Å². The Balaban J connectivity index is 1.25. The molecule has 12 aromatic rings. The Morgan fingerprint density at radius 2 is 0.792 bits per heavy atom. The van der Waals surface area contributed by atoms with E-state index >= 15 is 0 Å². The van der Waals surface area contributed by atoms with Crippen molar-refractivity contribution in [2.75, 3.05) is 13.2 Å². The van der Waals surface area contributed by atoms with Crippen molar-refractivity contribution >= 4 is 79.8 Å². The molecule has 106 heavy (non-hydrogen) atoms. The zero-order chi connectivity index (χ0) is 73.4. The number of benzene rings is 8. The van der Waals surface area contributed by atoms with E-state index in [-0.39, 0.29) is 23.1 Å². The molecule has 0 radical (unpaired) electrons. The average molecular weight is 1410 g/mol. The Kier molecular flexibility index (Phi) is 27.3. The molecule has 0 aliphatic heterocycles. The van der Waals surface area contributed by atoms with Crippen molar-refractivity contribution in [1.29, 1.82) is 5.26 Å². The van der Waals surface area contributed by atoms with Gasteiger partial charge in [0.25, 0.3) is 5.70 Å². The highest BCUT2D eigenvalue weighted by Crippen LogP contribution is 2.40. The Labute approximate surface area is 630 Å². The molecule has 12 rings (SSSR count). The van der Waals surface area contributed by atoms with E-state index in [0.29, 0.717) is 68.7 Å². The quantitative estimate of drug-likeness (QED) is 0.0214. The smallest absolute Gasteiger partial charge is 0.328 e. The van der Waals surface area contributed by atoms with Gasteiger partial charge in [-0.2, -0.15) is 5.26 Å². The molecule has 0 spiro atoms. The highest BCUT2D eigenvalue weighted by molar-refractivity contribution is 6.85. The number of unbranched alkanes of at least 4 members (excludes halogenated alkanes) is 16. The van der Waals surface area contributed by atoms with Gasteiger partial charge < -0.3 is 27.3 Å². The lowest BCUT2D eigenvalue weighted by molar-refractivity contribution is 0.224. The predicted octanol–water partition coefficient (Wildman–Crippen LogP) is 21.2. The van der Waals surface area contributed by atoms with Gasteiger partial charge in [0.15, 0.2) is 11.2 Å². The molecule has 0 aliphatic carbocycles. The van der Waals surface area contributed by atoms with Crippen molar-refractivity contribution in [2.24, 2.45) is 11.8 Å². The Morgan fingerprint density at radius 3 is 1.19 bits per heavy atom. The number of hydrogen-bond donors (Lipinski definition) is 0. The molecule has 12 heteroatoms. The summed E-state index contributed by atoms with van der Waals surface area (Å²) in [6, 6.07) is 74.4. The zero-order valence-corrected chi connectivity index (χ0v) is 63.6. The van der Waals surface area contributed by atoms with Crippen LogP contribution in [0.25, 0.3) is 71.6 Å². The van der Waals surface area contributed by atoms with E-state index in [0.717, 1.165) is 92.7 Å². The van der Waals surface area contributed by atoms with Crippen LogP contribution in [-0.2, 0) is 0 Å². The minimum atomic E-state index is -0.614. The van der Waals surface area contributed by atoms with E-state index in [1.807, 2.05) is 50.2 Å². The van der Waals surface area contributed by atoms with Crippen LogP contribution in [0, 0.1) is 43.6 Å². The van der Waals surface area contributed by atoms with Gasteiger partial charge in [-0.25, -0.2) is 14.8 Å². The second-order valence-corrected chi connectivity index (χ2v) is 29.5. The monoisotopic (exact) mass is 1400 g/mol. The second-order valence-electron chi connectivity index (χ2n) is 29.5. The number of fused-ring (bicyclic) bond motifs is 3. The van der Waals surface area contributed by atoms with E-state index in [9.17, 15) is 11.8 Å². The third-order valence-corrected chi connectivity index (χ3v) is 21.4. The van der Waals surface area contributed by atoms with Crippen LogP contribution in [0.1, 0.15) is 205 Å². The summed E-state index contributed by atoms with van der Waals surface area (Å²) in [5.41, 5.74) is 11.8. The molecular formula is C94H106B2N6O4. The first-order chi connectivity index (χ1) is 52.2. The molecule has 8 aromatic carbocycles. The van der Waals surface area contributed by atoms with Crippen LogP contribution >= 0.6 is 0 Å². The number of nitrogens with zero attached hydrogens (tertiary/aromatic N) is 6. The molecule has 0 fully saturated rings. The minimum Gasteiger partial charge on any atom is -0.493 e. The lowest BCUT2D eigenvalue weighted by atomic mass is 9.50. The van der Waals surface area contributed by atoms with E-state index in [2.05, 4.69) is 213 Å². The van der Waals surface area contributed by atoms with Gasteiger partial charge >= 0.3 is 13.7 Å². The van der Waals surface area contributed by atoms with Crippen LogP contribution in [0.5, 0.6) is 11.5 Å². The van der Waals surface area contributed by atoms with Gasteiger partial charge in [0.05, 0.1) is 30.5 Å². The van der Waals surface area contributed by atoms with E-state index in [1.54, 1.807) is 0 Å². The number of nitriles is 1. The van der Waals surface area contributed by atoms with Crippen LogP contribution in [0.3, 0.4) is 0 Å². The molecule has 542 valence electrons. The molecule has 4 heterocycles. The van der Waals surface area contributed by atoms with Gasteiger partial charge in [0.1, 0.15) is 34.2 Å².